The van der Waals surface area contributed by atoms with Crippen LogP contribution in [0.4, 0.5) is 5.82 Å². The smallest absolute Gasteiger partial charge is 0.253 e. The molecular weight excluding hydrogens is 364 g/mol. The molecule has 2 N–H and O–H groups in total. The highest BCUT2D eigenvalue weighted by Gasteiger charge is 2.27. The molecule has 1 heterocycles. The van der Waals surface area contributed by atoms with Crippen LogP contribution in [0.15, 0.2) is 36.5 Å². The van der Waals surface area contributed by atoms with E-state index < -0.39 is 6.04 Å². The summed E-state index contributed by atoms with van der Waals surface area (Å²) in [5, 5.41) is 10.5. The largest absolute Gasteiger partial charge is 0.340 e. The molecule has 3 rings (SSSR count). The van der Waals surface area contributed by atoms with Crippen LogP contribution in [0.5, 0.6) is 0 Å². The van der Waals surface area contributed by atoms with Crippen molar-refractivity contribution in [3.63, 3.8) is 0 Å². The molecule has 144 valence electrons. The highest BCUT2D eigenvalue weighted by molar-refractivity contribution is 6.33. The van der Waals surface area contributed by atoms with E-state index in [9.17, 15) is 9.59 Å². The second-order valence-corrected chi connectivity index (χ2v) is 7.67. The van der Waals surface area contributed by atoms with Crippen LogP contribution in [0, 0.1) is 5.92 Å². The van der Waals surface area contributed by atoms with Crippen molar-refractivity contribution in [2.24, 2.45) is 5.92 Å². The van der Waals surface area contributed by atoms with Gasteiger partial charge in [0.1, 0.15) is 11.9 Å². The Balaban J connectivity index is 1.72. The summed E-state index contributed by atoms with van der Waals surface area (Å²) in [5.74, 6) is -0.0345. The lowest BCUT2D eigenvalue weighted by Gasteiger charge is -2.23. The minimum atomic E-state index is -0.680. The Bertz CT molecular complexity index is 812. The van der Waals surface area contributed by atoms with E-state index in [0.29, 0.717) is 22.4 Å². The molecule has 1 saturated carbocycles. The number of rotatable bonds is 6. The summed E-state index contributed by atoms with van der Waals surface area (Å²) >= 11 is 6.10. The fraction of sp³-hybridized carbons (Fsp3) is 0.450. The number of nitrogens with one attached hydrogen (secondary N) is 2. The van der Waals surface area contributed by atoms with Gasteiger partial charge in [-0.1, -0.05) is 50.4 Å². The van der Waals surface area contributed by atoms with Crippen LogP contribution in [0.3, 0.4) is 0 Å². The number of anilines is 1. The van der Waals surface area contributed by atoms with E-state index in [-0.39, 0.29) is 17.7 Å². The Morgan fingerprint density at radius 2 is 1.89 bits per heavy atom. The number of halogens is 1. The molecule has 7 heteroatoms. The monoisotopic (exact) mass is 388 g/mol. The van der Waals surface area contributed by atoms with Gasteiger partial charge in [-0.3, -0.25) is 9.59 Å². The van der Waals surface area contributed by atoms with Crippen molar-refractivity contribution in [2.45, 2.75) is 51.6 Å². The molecule has 0 saturated heterocycles. The average Bonchev–Trinajstić information content (AvgIpc) is 3.30. The number of hydrogen-bond donors (Lipinski definition) is 2. The van der Waals surface area contributed by atoms with Crippen molar-refractivity contribution in [3.05, 3.63) is 47.1 Å². The van der Waals surface area contributed by atoms with Gasteiger partial charge < -0.3 is 10.6 Å². The molecular formula is C20H25ClN4O2. The lowest BCUT2D eigenvalue weighted by molar-refractivity contribution is -0.118. The number of carbonyl (C=O) groups is 2. The summed E-state index contributed by atoms with van der Waals surface area (Å²) in [7, 11) is 0. The van der Waals surface area contributed by atoms with E-state index >= 15 is 0 Å². The highest BCUT2D eigenvalue weighted by Crippen LogP contribution is 2.31. The van der Waals surface area contributed by atoms with Gasteiger partial charge in [0.15, 0.2) is 0 Å². The van der Waals surface area contributed by atoms with Gasteiger partial charge in [0.05, 0.1) is 22.8 Å². The van der Waals surface area contributed by atoms with Crippen LogP contribution in [0.1, 0.15) is 55.9 Å². The predicted octanol–water partition coefficient (Wildman–Crippen LogP) is 4.04. The molecule has 1 aromatic heterocycles. The van der Waals surface area contributed by atoms with Crippen molar-refractivity contribution in [2.75, 3.05) is 5.32 Å². The van der Waals surface area contributed by atoms with Crippen molar-refractivity contribution in [1.82, 2.24) is 15.1 Å². The Kier molecular flexibility index (Phi) is 6.16. The first-order chi connectivity index (χ1) is 13.0. The molecule has 27 heavy (non-hydrogen) atoms. The van der Waals surface area contributed by atoms with E-state index in [1.165, 1.54) is 12.8 Å². The highest BCUT2D eigenvalue weighted by atomic mass is 35.5. The van der Waals surface area contributed by atoms with Crippen LogP contribution in [0.2, 0.25) is 5.02 Å². The second kappa shape index (κ2) is 8.57. The minimum absolute atomic E-state index is 0.0840. The lowest BCUT2D eigenvalue weighted by Crippen LogP contribution is -2.47. The van der Waals surface area contributed by atoms with Crippen LogP contribution in [0.25, 0.3) is 0 Å². The molecule has 0 bridgehead atoms. The summed E-state index contributed by atoms with van der Waals surface area (Å²) in [6, 6.07) is 8.24. The SMILES string of the molecule is CC(C)C(NC(=O)c1ccccc1Cl)C(=O)Nc1ccnn1C1CCCC1. The first-order valence-electron chi connectivity index (χ1n) is 9.37. The molecule has 1 fully saturated rings. The summed E-state index contributed by atoms with van der Waals surface area (Å²) in [4.78, 5) is 25.4. The van der Waals surface area contributed by atoms with Crippen LogP contribution in [-0.2, 0) is 4.79 Å². The van der Waals surface area contributed by atoms with E-state index in [1.807, 2.05) is 18.5 Å². The van der Waals surface area contributed by atoms with E-state index in [1.54, 1.807) is 36.5 Å². The third kappa shape index (κ3) is 4.50. The molecule has 1 aliphatic carbocycles. The topological polar surface area (TPSA) is 76.0 Å². The number of nitrogens with zero attached hydrogens (tertiary/aromatic N) is 2. The molecule has 1 atom stereocenters. The zero-order valence-corrected chi connectivity index (χ0v) is 16.4. The Morgan fingerprint density at radius 1 is 1.19 bits per heavy atom. The maximum Gasteiger partial charge on any atom is 0.253 e. The van der Waals surface area contributed by atoms with Crippen molar-refractivity contribution in [3.8, 4) is 0 Å². The molecule has 1 aliphatic rings. The van der Waals surface area contributed by atoms with Gasteiger partial charge in [-0.15, -0.1) is 0 Å². The average molecular weight is 389 g/mol. The van der Waals surface area contributed by atoms with Crippen molar-refractivity contribution < 1.29 is 9.59 Å². The number of amides is 2. The molecule has 1 unspecified atom stereocenters. The van der Waals surface area contributed by atoms with Gasteiger partial charge in [-0.05, 0) is 30.9 Å². The van der Waals surface area contributed by atoms with E-state index in [4.69, 9.17) is 11.6 Å². The third-order valence-electron chi connectivity index (χ3n) is 4.95. The Labute approximate surface area is 164 Å². The first kappa shape index (κ1) is 19.4. The summed E-state index contributed by atoms with van der Waals surface area (Å²) in [6.07, 6.45) is 6.20. The number of hydrogen-bond acceptors (Lipinski definition) is 3. The maximum atomic E-state index is 12.9. The van der Waals surface area contributed by atoms with Crippen molar-refractivity contribution >= 4 is 29.2 Å². The number of benzene rings is 1. The number of aromatic nitrogens is 2. The summed E-state index contributed by atoms with van der Waals surface area (Å²) in [6.45, 7) is 3.79. The van der Waals surface area contributed by atoms with Gasteiger partial charge >= 0.3 is 0 Å². The fourth-order valence-electron chi connectivity index (χ4n) is 3.46. The quantitative estimate of drug-likeness (QED) is 0.783. The molecule has 0 aliphatic heterocycles. The summed E-state index contributed by atoms with van der Waals surface area (Å²) in [5.41, 5.74) is 0.355. The van der Waals surface area contributed by atoms with Gasteiger partial charge in [0.25, 0.3) is 5.91 Å². The van der Waals surface area contributed by atoms with Gasteiger partial charge in [0.2, 0.25) is 5.91 Å². The minimum Gasteiger partial charge on any atom is -0.340 e. The predicted molar refractivity (Wildman–Crippen MR) is 106 cm³/mol. The normalized spacial score (nSPS) is 15.7. The molecule has 0 spiro atoms. The Morgan fingerprint density at radius 3 is 2.56 bits per heavy atom. The number of carbonyl (C=O) groups excluding carboxylic acids is 2. The lowest BCUT2D eigenvalue weighted by atomic mass is 10.0. The fourth-order valence-corrected chi connectivity index (χ4v) is 3.68. The van der Waals surface area contributed by atoms with Crippen molar-refractivity contribution in [1.29, 1.82) is 0 Å². The molecule has 6 nitrogen and oxygen atoms in total. The zero-order chi connectivity index (χ0) is 19.4. The molecule has 2 amide bonds. The van der Waals surface area contributed by atoms with Gasteiger partial charge in [-0.2, -0.15) is 5.10 Å². The molecule has 1 aromatic carbocycles. The van der Waals surface area contributed by atoms with Gasteiger partial charge in [0, 0.05) is 6.07 Å². The molecule has 0 radical (unpaired) electrons. The van der Waals surface area contributed by atoms with E-state index in [0.717, 1.165) is 12.8 Å². The molecule has 2 aromatic rings. The van der Waals surface area contributed by atoms with Gasteiger partial charge in [-0.25, -0.2) is 4.68 Å². The van der Waals surface area contributed by atoms with E-state index in [2.05, 4.69) is 15.7 Å². The summed E-state index contributed by atoms with van der Waals surface area (Å²) < 4.78 is 1.89. The van der Waals surface area contributed by atoms with Crippen LogP contribution in [-0.4, -0.2) is 27.6 Å². The standard InChI is InChI=1S/C20H25ClN4O2/c1-13(2)18(24-19(26)15-9-5-6-10-16(15)21)20(27)23-17-11-12-22-25(17)14-7-3-4-8-14/h5-6,9-14,18H,3-4,7-8H2,1-2H3,(H,23,27)(H,24,26). The Hall–Kier alpha value is -2.34. The third-order valence-corrected chi connectivity index (χ3v) is 5.28. The maximum absolute atomic E-state index is 12.9. The van der Waals surface area contributed by atoms with Crippen LogP contribution >= 0.6 is 11.6 Å². The zero-order valence-electron chi connectivity index (χ0n) is 15.6. The van der Waals surface area contributed by atoms with Crippen LogP contribution < -0.4 is 10.6 Å². The first-order valence-corrected chi connectivity index (χ1v) is 9.75. The second-order valence-electron chi connectivity index (χ2n) is 7.26.